The van der Waals surface area contributed by atoms with Crippen LogP contribution in [0, 0.1) is 5.82 Å². The normalized spacial score (nSPS) is 11.0. The highest BCUT2D eigenvalue weighted by molar-refractivity contribution is 7.98. The summed E-state index contributed by atoms with van der Waals surface area (Å²) in [4.78, 5) is 25.8. The van der Waals surface area contributed by atoms with Crippen molar-refractivity contribution in [1.82, 2.24) is 19.5 Å². The third kappa shape index (κ3) is 3.94. The van der Waals surface area contributed by atoms with E-state index in [1.165, 1.54) is 30.2 Å². The fraction of sp³-hybridized carbons (Fsp3) is 0.143. The molecule has 0 saturated heterocycles. The van der Waals surface area contributed by atoms with Crippen LogP contribution in [0.4, 0.5) is 4.39 Å². The molecule has 28 heavy (non-hydrogen) atoms. The number of hydrogen-bond donors (Lipinski definition) is 0. The first kappa shape index (κ1) is 18.3. The standard InChI is InChI=1S/C21H17FN4OS/c22-17-9-5-4-8-16(17)14-28-21-25-19-18(23-11-12-24-19)20(27)26(21)13-10-15-6-2-1-3-7-15/h1-9,11-12H,10,13-14H2. The summed E-state index contributed by atoms with van der Waals surface area (Å²) in [5.74, 6) is 0.102. The fourth-order valence-electron chi connectivity index (χ4n) is 2.88. The lowest BCUT2D eigenvalue weighted by molar-refractivity contribution is 0.592. The van der Waals surface area contributed by atoms with Gasteiger partial charge in [0.15, 0.2) is 16.3 Å². The third-order valence-corrected chi connectivity index (χ3v) is 5.37. The second kappa shape index (κ2) is 8.31. The van der Waals surface area contributed by atoms with Gasteiger partial charge in [-0.1, -0.05) is 60.3 Å². The van der Waals surface area contributed by atoms with Crippen LogP contribution in [0.3, 0.4) is 0 Å². The van der Waals surface area contributed by atoms with Crippen LogP contribution in [0.2, 0.25) is 0 Å². The van der Waals surface area contributed by atoms with E-state index in [0.29, 0.717) is 35.1 Å². The number of fused-ring (bicyclic) bond motifs is 1. The molecule has 4 aromatic rings. The van der Waals surface area contributed by atoms with E-state index < -0.39 is 0 Å². The van der Waals surface area contributed by atoms with Crippen molar-refractivity contribution in [2.75, 3.05) is 0 Å². The highest BCUT2D eigenvalue weighted by Crippen LogP contribution is 2.23. The maximum Gasteiger partial charge on any atom is 0.282 e. The van der Waals surface area contributed by atoms with Crippen LogP contribution < -0.4 is 5.56 Å². The van der Waals surface area contributed by atoms with E-state index >= 15 is 0 Å². The monoisotopic (exact) mass is 392 g/mol. The zero-order valence-electron chi connectivity index (χ0n) is 15.0. The molecule has 0 unspecified atom stereocenters. The van der Waals surface area contributed by atoms with Crippen molar-refractivity contribution in [3.05, 3.63) is 94.3 Å². The van der Waals surface area contributed by atoms with Crippen molar-refractivity contribution in [2.24, 2.45) is 0 Å². The summed E-state index contributed by atoms with van der Waals surface area (Å²) < 4.78 is 15.6. The summed E-state index contributed by atoms with van der Waals surface area (Å²) in [5, 5.41) is 0.511. The van der Waals surface area contributed by atoms with Gasteiger partial charge < -0.3 is 0 Å². The Morgan fingerprint density at radius 3 is 2.54 bits per heavy atom. The molecule has 140 valence electrons. The summed E-state index contributed by atoms with van der Waals surface area (Å²) in [6, 6.07) is 16.5. The molecular weight excluding hydrogens is 375 g/mol. The number of aryl methyl sites for hydroxylation is 1. The van der Waals surface area contributed by atoms with Crippen LogP contribution in [0.5, 0.6) is 0 Å². The lowest BCUT2D eigenvalue weighted by Gasteiger charge is -2.12. The average molecular weight is 392 g/mol. The predicted octanol–water partition coefficient (Wildman–Crippen LogP) is 3.86. The van der Waals surface area contributed by atoms with Gasteiger partial charge in [0.1, 0.15) is 5.82 Å². The fourth-order valence-corrected chi connectivity index (χ4v) is 3.88. The average Bonchev–Trinajstić information content (AvgIpc) is 2.73. The molecule has 2 aromatic heterocycles. The number of halogens is 1. The highest BCUT2D eigenvalue weighted by Gasteiger charge is 2.14. The zero-order chi connectivity index (χ0) is 19.3. The minimum absolute atomic E-state index is 0.231. The molecule has 0 atom stereocenters. The summed E-state index contributed by atoms with van der Waals surface area (Å²) in [7, 11) is 0. The van der Waals surface area contributed by atoms with Crippen LogP contribution in [-0.4, -0.2) is 19.5 Å². The van der Waals surface area contributed by atoms with Gasteiger partial charge in [0, 0.05) is 24.7 Å². The van der Waals surface area contributed by atoms with Crippen molar-refractivity contribution in [3.8, 4) is 0 Å². The Balaban J connectivity index is 1.68. The Bertz CT molecular complexity index is 1160. The smallest absolute Gasteiger partial charge is 0.282 e. The Morgan fingerprint density at radius 2 is 1.71 bits per heavy atom. The summed E-state index contributed by atoms with van der Waals surface area (Å²) in [6.07, 6.45) is 3.68. The number of hydrogen-bond acceptors (Lipinski definition) is 5. The molecule has 0 aliphatic heterocycles. The second-order valence-electron chi connectivity index (χ2n) is 6.20. The van der Waals surface area contributed by atoms with E-state index in [1.807, 2.05) is 30.3 Å². The highest BCUT2D eigenvalue weighted by atomic mass is 32.2. The maximum atomic E-state index is 14.0. The third-order valence-electron chi connectivity index (χ3n) is 4.34. The lowest BCUT2D eigenvalue weighted by atomic mass is 10.1. The first-order chi connectivity index (χ1) is 13.7. The first-order valence-electron chi connectivity index (χ1n) is 8.84. The maximum absolute atomic E-state index is 14.0. The number of nitrogens with zero attached hydrogens (tertiary/aromatic N) is 4. The molecule has 0 aliphatic rings. The Labute approximate surface area is 165 Å². The molecule has 2 aromatic carbocycles. The van der Waals surface area contributed by atoms with Gasteiger partial charge >= 0.3 is 0 Å². The Kier molecular flexibility index (Phi) is 5.43. The Morgan fingerprint density at radius 1 is 0.964 bits per heavy atom. The first-order valence-corrected chi connectivity index (χ1v) is 9.82. The van der Waals surface area contributed by atoms with Gasteiger partial charge in [-0.2, -0.15) is 0 Å². The quantitative estimate of drug-likeness (QED) is 0.368. The Hall–Kier alpha value is -3.06. The van der Waals surface area contributed by atoms with E-state index in [0.717, 1.165) is 5.56 Å². The summed E-state index contributed by atoms with van der Waals surface area (Å²) >= 11 is 1.32. The molecule has 0 saturated carbocycles. The molecule has 2 heterocycles. The molecule has 5 nitrogen and oxygen atoms in total. The van der Waals surface area contributed by atoms with Gasteiger partial charge in [0.25, 0.3) is 5.56 Å². The molecule has 0 spiro atoms. The molecule has 7 heteroatoms. The predicted molar refractivity (Wildman–Crippen MR) is 108 cm³/mol. The molecule has 0 bridgehead atoms. The van der Waals surface area contributed by atoms with Crippen molar-refractivity contribution >= 4 is 22.9 Å². The summed E-state index contributed by atoms with van der Waals surface area (Å²) in [5.41, 5.74) is 2.00. The van der Waals surface area contributed by atoms with Crippen LogP contribution in [0.25, 0.3) is 11.2 Å². The van der Waals surface area contributed by atoms with E-state index in [1.54, 1.807) is 22.8 Å². The molecular formula is C21H17FN4OS. The van der Waals surface area contributed by atoms with E-state index in [9.17, 15) is 9.18 Å². The van der Waals surface area contributed by atoms with Crippen LogP contribution in [0.15, 0.2) is 76.9 Å². The lowest BCUT2D eigenvalue weighted by Crippen LogP contribution is -2.25. The van der Waals surface area contributed by atoms with E-state index in [4.69, 9.17) is 0 Å². The van der Waals surface area contributed by atoms with E-state index in [2.05, 4.69) is 15.0 Å². The van der Waals surface area contributed by atoms with Crippen LogP contribution in [-0.2, 0) is 18.7 Å². The molecule has 0 fully saturated rings. The van der Waals surface area contributed by atoms with Crippen molar-refractivity contribution in [1.29, 1.82) is 0 Å². The van der Waals surface area contributed by atoms with Crippen molar-refractivity contribution in [3.63, 3.8) is 0 Å². The molecule has 0 radical (unpaired) electrons. The number of rotatable bonds is 6. The number of benzene rings is 2. The topological polar surface area (TPSA) is 60.7 Å². The van der Waals surface area contributed by atoms with Crippen molar-refractivity contribution < 1.29 is 4.39 Å². The molecule has 0 amide bonds. The van der Waals surface area contributed by atoms with Crippen molar-refractivity contribution in [2.45, 2.75) is 23.9 Å². The number of aromatic nitrogens is 4. The van der Waals surface area contributed by atoms with Gasteiger partial charge in [-0.15, -0.1) is 0 Å². The van der Waals surface area contributed by atoms with Gasteiger partial charge in [-0.3, -0.25) is 9.36 Å². The zero-order valence-corrected chi connectivity index (χ0v) is 15.8. The molecule has 4 rings (SSSR count). The van der Waals surface area contributed by atoms with Crippen LogP contribution >= 0.6 is 11.8 Å². The summed E-state index contributed by atoms with van der Waals surface area (Å²) in [6.45, 7) is 0.460. The van der Waals surface area contributed by atoms with Crippen LogP contribution in [0.1, 0.15) is 11.1 Å². The minimum Gasteiger partial charge on any atom is -0.285 e. The van der Waals surface area contributed by atoms with Gasteiger partial charge in [0.05, 0.1) is 0 Å². The van der Waals surface area contributed by atoms with Gasteiger partial charge in [-0.05, 0) is 23.6 Å². The van der Waals surface area contributed by atoms with E-state index in [-0.39, 0.29) is 16.9 Å². The molecule has 0 N–H and O–H groups in total. The second-order valence-corrected chi connectivity index (χ2v) is 7.14. The number of thioether (sulfide) groups is 1. The van der Waals surface area contributed by atoms with Gasteiger partial charge in [-0.25, -0.2) is 19.3 Å². The largest absolute Gasteiger partial charge is 0.285 e. The minimum atomic E-state index is -0.270. The van der Waals surface area contributed by atoms with Gasteiger partial charge in [0.2, 0.25) is 0 Å². The SMILES string of the molecule is O=c1c2nccnc2nc(SCc2ccccc2F)n1CCc1ccccc1. The molecule has 0 aliphatic carbocycles.